The highest BCUT2D eigenvalue weighted by molar-refractivity contribution is 5.72. The third-order valence-electron chi connectivity index (χ3n) is 3.88. The lowest BCUT2D eigenvalue weighted by Gasteiger charge is -2.27. The van der Waals surface area contributed by atoms with Crippen molar-refractivity contribution in [1.29, 1.82) is 0 Å². The summed E-state index contributed by atoms with van der Waals surface area (Å²) < 4.78 is 5.24. The van der Waals surface area contributed by atoms with Gasteiger partial charge in [0.2, 0.25) is 0 Å². The molecule has 0 aliphatic carbocycles. The number of carbonyl (C=O) groups excluding carboxylic acids is 1. The Labute approximate surface area is 130 Å². The summed E-state index contributed by atoms with van der Waals surface area (Å²) in [5.41, 5.74) is 4.98. The van der Waals surface area contributed by atoms with Crippen LogP contribution in [0.2, 0.25) is 0 Å². The fraction of sp³-hybridized carbons (Fsp3) is 0.158. The summed E-state index contributed by atoms with van der Waals surface area (Å²) in [6, 6.07) is 20.2. The van der Waals surface area contributed by atoms with Gasteiger partial charge in [0.1, 0.15) is 6.61 Å². The maximum absolute atomic E-state index is 11.9. The molecule has 22 heavy (non-hydrogen) atoms. The Bertz CT molecular complexity index is 650. The van der Waals surface area contributed by atoms with Crippen LogP contribution >= 0.6 is 0 Å². The summed E-state index contributed by atoms with van der Waals surface area (Å²) in [4.78, 5) is 13.5. The van der Waals surface area contributed by atoms with Crippen molar-refractivity contribution in [3.05, 3.63) is 90.3 Å². The molecular formula is C19H17NO2. The summed E-state index contributed by atoms with van der Waals surface area (Å²) in [6.07, 6.45) is 1.22. The molecule has 1 amide bonds. The van der Waals surface area contributed by atoms with Gasteiger partial charge in [0.15, 0.2) is 0 Å². The first-order valence-electron chi connectivity index (χ1n) is 7.22. The zero-order valence-corrected chi connectivity index (χ0v) is 12.2. The highest BCUT2D eigenvalue weighted by Crippen LogP contribution is 2.34. The zero-order chi connectivity index (χ0) is 15.4. The molecule has 1 saturated heterocycles. The molecule has 1 atom stereocenters. The summed E-state index contributed by atoms with van der Waals surface area (Å²) in [6.45, 7) is 3.92. The lowest BCUT2D eigenvalue weighted by molar-refractivity contribution is 0.166. The highest BCUT2D eigenvalue weighted by Gasteiger charge is 2.38. The van der Waals surface area contributed by atoms with Crippen LogP contribution in [0.5, 0.6) is 0 Å². The molecule has 3 rings (SSSR count). The molecule has 2 aromatic carbocycles. The third-order valence-corrected chi connectivity index (χ3v) is 3.88. The predicted molar refractivity (Wildman–Crippen MR) is 85.4 cm³/mol. The van der Waals surface area contributed by atoms with Crippen LogP contribution in [0.15, 0.2) is 79.2 Å². The number of amides is 1. The molecule has 1 heterocycles. The van der Waals surface area contributed by atoms with E-state index in [2.05, 4.69) is 36.6 Å². The lowest BCUT2D eigenvalue weighted by Crippen LogP contribution is -2.34. The van der Waals surface area contributed by atoms with Crippen molar-refractivity contribution >= 4 is 6.09 Å². The van der Waals surface area contributed by atoms with Crippen LogP contribution in [-0.4, -0.2) is 23.6 Å². The van der Waals surface area contributed by atoms with E-state index in [0.717, 1.165) is 11.1 Å². The Balaban J connectivity index is 2.06. The fourth-order valence-electron chi connectivity index (χ4n) is 2.91. The molecule has 1 aliphatic heterocycles. The van der Waals surface area contributed by atoms with Crippen molar-refractivity contribution in [3.63, 3.8) is 0 Å². The van der Waals surface area contributed by atoms with Crippen LogP contribution in [0.4, 0.5) is 4.79 Å². The predicted octanol–water partition coefficient (Wildman–Crippen LogP) is 3.94. The van der Waals surface area contributed by atoms with E-state index in [1.807, 2.05) is 36.4 Å². The van der Waals surface area contributed by atoms with E-state index >= 15 is 0 Å². The molecule has 3 heteroatoms. The minimum absolute atomic E-state index is 0.0402. The van der Waals surface area contributed by atoms with Gasteiger partial charge in [-0.15, -0.1) is 5.73 Å². The molecule has 0 unspecified atom stereocenters. The van der Waals surface area contributed by atoms with Crippen LogP contribution in [-0.2, 0) is 4.74 Å². The number of rotatable bonds is 4. The van der Waals surface area contributed by atoms with Gasteiger partial charge in [-0.3, -0.25) is 4.90 Å². The van der Waals surface area contributed by atoms with Gasteiger partial charge in [-0.25, -0.2) is 4.79 Å². The van der Waals surface area contributed by atoms with E-state index in [-0.39, 0.29) is 18.1 Å². The number of hydrogen-bond acceptors (Lipinski definition) is 2. The van der Waals surface area contributed by atoms with Crippen molar-refractivity contribution in [3.8, 4) is 0 Å². The van der Waals surface area contributed by atoms with Crippen LogP contribution in [0.3, 0.4) is 0 Å². The minimum atomic E-state index is -0.349. The van der Waals surface area contributed by atoms with Crippen molar-refractivity contribution in [2.45, 2.75) is 12.0 Å². The molecular weight excluding hydrogens is 274 g/mol. The number of hydrogen-bond donors (Lipinski definition) is 0. The first-order valence-corrected chi connectivity index (χ1v) is 7.22. The summed E-state index contributed by atoms with van der Waals surface area (Å²) in [7, 11) is 0. The first-order chi connectivity index (χ1) is 10.8. The average Bonchev–Trinajstić information content (AvgIpc) is 2.92. The molecule has 0 spiro atoms. The van der Waals surface area contributed by atoms with E-state index in [1.54, 1.807) is 11.1 Å². The molecule has 0 aromatic heterocycles. The number of nitrogens with zero attached hydrogens (tertiary/aromatic N) is 1. The summed E-state index contributed by atoms with van der Waals surface area (Å²) >= 11 is 0. The smallest absolute Gasteiger partial charge is 0.414 e. The number of cyclic esters (lactones) is 1. The molecule has 0 radical (unpaired) electrons. The van der Waals surface area contributed by atoms with Gasteiger partial charge < -0.3 is 4.74 Å². The molecule has 0 bridgehead atoms. The van der Waals surface area contributed by atoms with Gasteiger partial charge in [0.25, 0.3) is 0 Å². The monoisotopic (exact) mass is 291 g/mol. The van der Waals surface area contributed by atoms with Crippen LogP contribution in [0.1, 0.15) is 17.0 Å². The molecule has 0 saturated carbocycles. The largest absolute Gasteiger partial charge is 0.447 e. The molecule has 0 N–H and O–H groups in total. The molecule has 1 aliphatic rings. The summed E-state index contributed by atoms with van der Waals surface area (Å²) in [5, 5.41) is 0. The summed E-state index contributed by atoms with van der Waals surface area (Å²) in [5.74, 6) is 0.0402. The molecule has 110 valence electrons. The minimum Gasteiger partial charge on any atom is -0.447 e. The second kappa shape index (κ2) is 6.33. The van der Waals surface area contributed by atoms with Crippen LogP contribution in [0.25, 0.3) is 0 Å². The second-order valence-corrected chi connectivity index (χ2v) is 5.18. The second-order valence-electron chi connectivity index (χ2n) is 5.18. The van der Waals surface area contributed by atoms with Gasteiger partial charge in [-0.05, 0) is 11.1 Å². The molecule has 2 aromatic rings. The molecule has 3 nitrogen and oxygen atoms in total. The van der Waals surface area contributed by atoms with E-state index in [4.69, 9.17) is 4.74 Å². The Morgan fingerprint density at radius 1 is 1.09 bits per heavy atom. The highest BCUT2D eigenvalue weighted by atomic mass is 16.6. The Morgan fingerprint density at radius 3 is 2.14 bits per heavy atom. The van der Waals surface area contributed by atoms with E-state index < -0.39 is 0 Å². The van der Waals surface area contributed by atoms with E-state index in [0.29, 0.717) is 6.61 Å². The van der Waals surface area contributed by atoms with Crippen molar-refractivity contribution < 1.29 is 9.53 Å². The van der Waals surface area contributed by atoms with Gasteiger partial charge in [0, 0.05) is 5.92 Å². The van der Waals surface area contributed by atoms with Crippen molar-refractivity contribution in [1.82, 2.24) is 4.90 Å². The van der Waals surface area contributed by atoms with Crippen LogP contribution in [0, 0.1) is 0 Å². The lowest BCUT2D eigenvalue weighted by atomic mass is 9.85. The number of ether oxygens (including phenoxy) is 1. The van der Waals surface area contributed by atoms with Crippen molar-refractivity contribution in [2.75, 3.05) is 6.61 Å². The maximum Gasteiger partial charge on any atom is 0.414 e. The van der Waals surface area contributed by atoms with Gasteiger partial charge >= 0.3 is 6.09 Å². The normalized spacial score (nSPS) is 17.2. The van der Waals surface area contributed by atoms with Gasteiger partial charge in [-0.1, -0.05) is 67.2 Å². The van der Waals surface area contributed by atoms with Gasteiger partial charge in [0.05, 0.1) is 12.2 Å². The maximum atomic E-state index is 11.9. The first kappa shape index (κ1) is 14.2. The fourth-order valence-corrected chi connectivity index (χ4v) is 2.91. The van der Waals surface area contributed by atoms with Crippen molar-refractivity contribution in [2.24, 2.45) is 0 Å². The quantitative estimate of drug-likeness (QED) is 0.799. The standard InChI is InChI=1S/C19H17NO2/c1-2-13-20-17(14-22-19(20)21)18(15-9-5-3-6-10-15)16-11-7-4-8-12-16/h3-13,17-18H,1,14H2/t17-/m0/s1. The Morgan fingerprint density at radius 2 is 1.64 bits per heavy atom. The third kappa shape index (κ3) is 2.67. The van der Waals surface area contributed by atoms with E-state index in [1.165, 1.54) is 0 Å². The SMILES string of the molecule is C=C=CN1C(=O)OC[C@H]1C(c1ccccc1)c1ccccc1. The molecule has 1 fully saturated rings. The average molecular weight is 291 g/mol. The Kier molecular flexibility index (Phi) is 4.08. The number of benzene rings is 2. The van der Waals surface area contributed by atoms with Gasteiger partial charge in [-0.2, -0.15) is 0 Å². The Hall–Kier alpha value is -2.77. The number of carbonyl (C=O) groups is 1. The topological polar surface area (TPSA) is 29.5 Å². The zero-order valence-electron chi connectivity index (χ0n) is 12.2. The van der Waals surface area contributed by atoms with E-state index in [9.17, 15) is 4.79 Å². The van der Waals surface area contributed by atoms with Crippen LogP contribution < -0.4 is 0 Å².